The average Bonchev–Trinajstić information content (AvgIpc) is 2.81. The molecular formula is C15H30N2O2S. The van der Waals surface area contributed by atoms with Gasteiger partial charge in [0.2, 0.25) is 5.91 Å². The molecule has 4 N–H and O–H groups in total. The van der Waals surface area contributed by atoms with Gasteiger partial charge in [-0.2, -0.15) is 11.8 Å². The molecule has 4 nitrogen and oxygen atoms in total. The van der Waals surface area contributed by atoms with Crippen LogP contribution in [0.5, 0.6) is 0 Å². The molecule has 1 rings (SSSR count). The van der Waals surface area contributed by atoms with Gasteiger partial charge in [0.05, 0.1) is 0 Å². The molecular weight excluding hydrogens is 272 g/mol. The third-order valence-corrected chi connectivity index (χ3v) is 5.63. The van der Waals surface area contributed by atoms with Gasteiger partial charge >= 0.3 is 0 Å². The minimum absolute atomic E-state index is 0.179. The van der Waals surface area contributed by atoms with Crippen LogP contribution in [0.1, 0.15) is 52.4 Å². The van der Waals surface area contributed by atoms with Crippen molar-refractivity contribution in [2.24, 2.45) is 11.7 Å². The van der Waals surface area contributed by atoms with Crippen LogP contribution >= 0.6 is 11.8 Å². The first-order valence-electron chi connectivity index (χ1n) is 7.84. The quantitative estimate of drug-likeness (QED) is 0.576. The van der Waals surface area contributed by atoms with E-state index in [4.69, 9.17) is 10.8 Å². The molecule has 0 radical (unpaired) electrons. The number of nitrogens with one attached hydrogen (secondary N) is 1. The van der Waals surface area contributed by atoms with E-state index in [9.17, 15) is 4.79 Å². The van der Waals surface area contributed by atoms with Crippen LogP contribution in [0.2, 0.25) is 0 Å². The maximum absolute atomic E-state index is 12.0. The van der Waals surface area contributed by atoms with Crippen molar-refractivity contribution in [1.29, 1.82) is 0 Å². The number of carbonyl (C=O) groups excluding carboxylic acids is 1. The molecule has 0 aromatic rings. The molecule has 1 amide bonds. The Bertz CT molecular complexity index is 302. The molecule has 20 heavy (non-hydrogen) atoms. The van der Waals surface area contributed by atoms with Gasteiger partial charge in [-0.15, -0.1) is 0 Å². The maximum Gasteiger partial charge on any atom is 0.238 e. The Labute approximate surface area is 127 Å². The summed E-state index contributed by atoms with van der Waals surface area (Å²) in [5, 5.41) is 12.8. The number of aliphatic hydroxyl groups is 1. The van der Waals surface area contributed by atoms with Crippen LogP contribution in [0.3, 0.4) is 0 Å². The number of nitrogens with two attached hydrogens (primary N) is 1. The summed E-state index contributed by atoms with van der Waals surface area (Å²) >= 11 is 1.88. The predicted molar refractivity (Wildman–Crippen MR) is 85.8 cm³/mol. The van der Waals surface area contributed by atoms with E-state index in [0.29, 0.717) is 11.2 Å². The van der Waals surface area contributed by atoms with E-state index in [1.807, 2.05) is 11.8 Å². The number of hydrogen-bond donors (Lipinski definition) is 3. The summed E-state index contributed by atoms with van der Waals surface area (Å²) in [5.74, 6) is 1.22. The molecule has 0 aromatic carbocycles. The normalized spacial score (nSPS) is 27.6. The lowest BCUT2D eigenvalue weighted by atomic mass is 9.84. The van der Waals surface area contributed by atoms with Gasteiger partial charge in [-0.1, -0.05) is 20.3 Å². The summed E-state index contributed by atoms with van der Waals surface area (Å²) < 4.78 is 0. The van der Waals surface area contributed by atoms with E-state index >= 15 is 0 Å². The molecule has 0 aromatic heterocycles. The van der Waals surface area contributed by atoms with Crippen molar-refractivity contribution >= 4 is 17.7 Å². The van der Waals surface area contributed by atoms with Gasteiger partial charge in [-0.05, 0) is 50.3 Å². The van der Waals surface area contributed by atoms with Crippen LogP contribution in [0.15, 0.2) is 0 Å². The smallest absolute Gasteiger partial charge is 0.238 e. The van der Waals surface area contributed by atoms with Crippen LogP contribution in [0.4, 0.5) is 0 Å². The summed E-state index contributed by atoms with van der Waals surface area (Å²) in [6.45, 7) is 5.36. The molecule has 1 aliphatic carbocycles. The van der Waals surface area contributed by atoms with Crippen LogP contribution in [-0.2, 0) is 4.79 Å². The van der Waals surface area contributed by atoms with Crippen molar-refractivity contribution in [3.8, 4) is 0 Å². The van der Waals surface area contributed by atoms with E-state index in [1.54, 1.807) is 0 Å². The second-order valence-corrected chi connectivity index (χ2v) is 7.38. The van der Waals surface area contributed by atoms with Gasteiger partial charge in [0, 0.05) is 11.9 Å². The zero-order chi connectivity index (χ0) is 15.0. The van der Waals surface area contributed by atoms with Crippen LogP contribution in [0, 0.1) is 5.92 Å². The van der Waals surface area contributed by atoms with Crippen LogP contribution < -0.4 is 11.1 Å². The lowest BCUT2D eigenvalue weighted by Gasteiger charge is -2.34. The van der Waals surface area contributed by atoms with Gasteiger partial charge in [0.1, 0.15) is 5.54 Å². The Morgan fingerprint density at radius 2 is 2.35 bits per heavy atom. The molecule has 1 fully saturated rings. The molecule has 1 aliphatic rings. The topological polar surface area (TPSA) is 75.3 Å². The van der Waals surface area contributed by atoms with Gasteiger partial charge in [0.15, 0.2) is 0 Å². The van der Waals surface area contributed by atoms with Crippen LogP contribution in [0.25, 0.3) is 0 Å². The van der Waals surface area contributed by atoms with E-state index in [0.717, 1.165) is 50.8 Å². The number of carbonyl (C=O) groups is 1. The molecule has 1 saturated carbocycles. The van der Waals surface area contributed by atoms with Gasteiger partial charge in [0.25, 0.3) is 0 Å². The summed E-state index contributed by atoms with van der Waals surface area (Å²) in [7, 11) is 0. The number of hydrogen-bond acceptors (Lipinski definition) is 4. The summed E-state index contributed by atoms with van der Waals surface area (Å²) in [6, 6.07) is 0. The molecule has 0 bridgehead atoms. The first-order valence-corrected chi connectivity index (χ1v) is 8.89. The standard InChI is InChI=1S/C15H30N2O2S/c1-3-9-17-15(14(16)19)8-4-5-13(15)7-11-20-12(2)6-10-18/h12-13,17-18H,3-11H2,1-2H3,(H2,16,19). The largest absolute Gasteiger partial charge is 0.396 e. The third kappa shape index (κ3) is 4.64. The molecule has 3 unspecified atom stereocenters. The average molecular weight is 302 g/mol. The first-order chi connectivity index (χ1) is 9.56. The van der Waals surface area contributed by atoms with Crippen LogP contribution in [-0.4, -0.2) is 40.7 Å². The lowest BCUT2D eigenvalue weighted by molar-refractivity contribution is -0.126. The Balaban J connectivity index is 2.51. The molecule has 0 spiro atoms. The summed E-state index contributed by atoms with van der Waals surface area (Å²) in [4.78, 5) is 12.0. The van der Waals surface area contributed by atoms with Gasteiger partial charge < -0.3 is 16.2 Å². The SMILES string of the molecule is CCCNC1(C(N)=O)CCCC1CCSC(C)CCO. The summed E-state index contributed by atoms with van der Waals surface area (Å²) in [6.07, 6.45) is 5.94. The predicted octanol–water partition coefficient (Wildman–Crippen LogP) is 1.90. The van der Waals surface area contributed by atoms with Gasteiger partial charge in [-0.25, -0.2) is 0 Å². The van der Waals surface area contributed by atoms with Crippen molar-refractivity contribution in [3.05, 3.63) is 0 Å². The number of primary amides is 1. The summed E-state index contributed by atoms with van der Waals surface area (Å²) in [5.41, 5.74) is 5.23. The lowest BCUT2D eigenvalue weighted by Crippen LogP contribution is -2.58. The zero-order valence-corrected chi connectivity index (χ0v) is 13.7. The van der Waals surface area contributed by atoms with Crippen molar-refractivity contribution in [3.63, 3.8) is 0 Å². The van der Waals surface area contributed by atoms with Gasteiger partial charge in [-0.3, -0.25) is 4.79 Å². The van der Waals surface area contributed by atoms with Crippen molar-refractivity contribution in [2.45, 2.75) is 63.2 Å². The second-order valence-electron chi connectivity index (χ2n) is 5.83. The van der Waals surface area contributed by atoms with E-state index in [2.05, 4.69) is 19.2 Å². The van der Waals surface area contributed by atoms with E-state index in [-0.39, 0.29) is 12.5 Å². The third-order valence-electron chi connectivity index (χ3n) is 4.36. The first kappa shape index (κ1) is 17.8. The minimum Gasteiger partial charge on any atom is -0.396 e. The Kier molecular flexibility index (Phi) is 7.92. The monoisotopic (exact) mass is 302 g/mol. The highest BCUT2D eigenvalue weighted by atomic mass is 32.2. The van der Waals surface area contributed by atoms with E-state index in [1.165, 1.54) is 0 Å². The minimum atomic E-state index is -0.475. The molecule has 5 heteroatoms. The highest BCUT2D eigenvalue weighted by Gasteiger charge is 2.46. The molecule has 0 aliphatic heterocycles. The maximum atomic E-state index is 12.0. The zero-order valence-electron chi connectivity index (χ0n) is 12.9. The molecule has 3 atom stereocenters. The second kappa shape index (κ2) is 8.90. The number of rotatable bonds is 10. The number of thioether (sulfide) groups is 1. The Morgan fingerprint density at radius 3 is 2.95 bits per heavy atom. The molecule has 118 valence electrons. The molecule has 0 saturated heterocycles. The van der Waals surface area contributed by atoms with Crippen molar-refractivity contribution < 1.29 is 9.90 Å². The molecule has 0 heterocycles. The van der Waals surface area contributed by atoms with Crippen molar-refractivity contribution in [1.82, 2.24) is 5.32 Å². The fourth-order valence-corrected chi connectivity index (χ4v) is 4.23. The highest BCUT2D eigenvalue weighted by molar-refractivity contribution is 7.99. The number of aliphatic hydroxyl groups excluding tert-OH is 1. The van der Waals surface area contributed by atoms with Crippen molar-refractivity contribution in [2.75, 3.05) is 18.9 Å². The highest BCUT2D eigenvalue weighted by Crippen LogP contribution is 2.38. The fraction of sp³-hybridized carbons (Fsp3) is 0.933. The Morgan fingerprint density at radius 1 is 1.60 bits per heavy atom. The number of amides is 1. The van der Waals surface area contributed by atoms with E-state index < -0.39 is 5.54 Å². The Hall–Kier alpha value is -0.260. The fourth-order valence-electron chi connectivity index (χ4n) is 3.14.